The Morgan fingerprint density at radius 1 is 0.900 bits per heavy atom. The molecule has 0 aliphatic carbocycles. The fraction of sp³-hybridized carbons (Fsp3) is 0.809. The molecule has 3 heterocycles. The molecule has 0 amide bonds. The van der Waals surface area contributed by atoms with E-state index in [1.165, 1.54) is 56.5 Å². The van der Waals surface area contributed by atoms with Crippen molar-refractivity contribution in [1.29, 1.82) is 0 Å². The molecule has 2 fully saturated rings. The maximum Gasteiger partial charge on any atom is 0.481 e. The SMILES string of the molecule is CCCCC[C@H](O)/C=C\[C@@H]1[C@H](O)[C@H](O)[C@H]2COP(=O)(O)OP(=O)(O)OC[C@@H](COC(=O)CCCCCCCCCCC(C)CC)OC(=O)CCCCCC[C@@H](C(=O)C[C@H]1O)[C@H](n1ccc(N)nc1=O)O2. The van der Waals surface area contributed by atoms with Gasteiger partial charge in [0.2, 0.25) is 0 Å². The van der Waals surface area contributed by atoms with Crippen LogP contribution in [0.2, 0.25) is 0 Å². The van der Waals surface area contributed by atoms with Crippen molar-refractivity contribution in [2.45, 2.75) is 205 Å². The molecule has 0 aromatic carbocycles. The van der Waals surface area contributed by atoms with Crippen molar-refractivity contribution in [2.75, 3.05) is 25.6 Å². The van der Waals surface area contributed by atoms with E-state index in [2.05, 4.69) is 23.1 Å². The highest BCUT2D eigenvalue weighted by Gasteiger charge is 2.45. The number of hydrogen-bond acceptors (Lipinski definition) is 18. The molecule has 23 heteroatoms. The number of aromatic nitrogens is 2. The third-order valence-electron chi connectivity index (χ3n) is 12.8. The van der Waals surface area contributed by atoms with Gasteiger partial charge in [-0.05, 0) is 37.7 Å². The van der Waals surface area contributed by atoms with E-state index in [0.717, 1.165) is 49.0 Å². The van der Waals surface area contributed by atoms with E-state index in [1.807, 2.05) is 6.92 Å². The van der Waals surface area contributed by atoms with Gasteiger partial charge in [0.15, 0.2) is 6.10 Å². The summed E-state index contributed by atoms with van der Waals surface area (Å²) in [4.78, 5) is 78.3. The quantitative estimate of drug-likeness (QED) is 0.0299. The van der Waals surface area contributed by atoms with E-state index in [9.17, 15) is 58.5 Å². The molecule has 3 rings (SSSR count). The van der Waals surface area contributed by atoms with Crippen molar-refractivity contribution in [3.8, 4) is 0 Å². The predicted molar refractivity (Wildman–Crippen MR) is 258 cm³/mol. The fourth-order valence-electron chi connectivity index (χ4n) is 8.36. The van der Waals surface area contributed by atoms with Crippen molar-refractivity contribution < 1.29 is 81.3 Å². The Morgan fingerprint density at radius 2 is 1.54 bits per heavy atom. The molecule has 402 valence electrons. The van der Waals surface area contributed by atoms with Gasteiger partial charge in [-0.15, -0.1) is 0 Å². The lowest BCUT2D eigenvalue weighted by Gasteiger charge is -2.38. The number of hydrogen-bond donors (Lipinski definition) is 7. The number of nitrogen functional groups attached to an aromatic ring is 1. The predicted octanol–water partition coefficient (Wildman–Crippen LogP) is 6.50. The van der Waals surface area contributed by atoms with Gasteiger partial charge in [0, 0.05) is 31.4 Å². The molecule has 12 atom stereocenters. The second-order valence-corrected chi connectivity index (χ2v) is 21.7. The zero-order valence-corrected chi connectivity index (χ0v) is 43.0. The number of anilines is 1. The number of esters is 2. The average Bonchev–Trinajstić information content (AvgIpc) is 3.29. The van der Waals surface area contributed by atoms with Gasteiger partial charge in [-0.1, -0.05) is 129 Å². The van der Waals surface area contributed by atoms with Crippen molar-refractivity contribution in [1.82, 2.24) is 9.55 Å². The summed E-state index contributed by atoms with van der Waals surface area (Å²) in [5, 5.41) is 45.5. The lowest BCUT2D eigenvalue weighted by atomic mass is 9.83. The fourth-order valence-corrected chi connectivity index (χ4v) is 10.5. The summed E-state index contributed by atoms with van der Waals surface area (Å²) < 4.78 is 58.8. The van der Waals surface area contributed by atoms with Crippen LogP contribution in [0.15, 0.2) is 29.2 Å². The number of ether oxygens (including phenoxy) is 3. The smallest absolute Gasteiger partial charge is 0.462 e. The van der Waals surface area contributed by atoms with Crippen LogP contribution in [-0.2, 0) is 51.1 Å². The van der Waals surface area contributed by atoms with Crippen molar-refractivity contribution >= 4 is 39.2 Å². The van der Waals surface area contributed by atoms with Crippen LogP contribution in [0, 0.1) is 17.8 Å². The molecular weight excluding hydrogens is 956 g/mol. The maximum absolute atomic E-state index is 14.3. The number of carbonyl (C=O) groups excluding carboxylic acids is 3. The Morgan fingerprint density at radius 3 is 2.21 bits per heavy atom. The number of unbranched alkanes of at least 4 members (excludes halogenated alkanes) is 9. The molecule has 0 saturated carbocycles. The Balaban J connectivity index is 1.83. The number of carbonyl (C=O) groups is 3. The summed E-state index contributed by atoms with van der Waals surface area (Å²) >= 11 is 0. The topological polar surface area (TPSA) is 323 Å². The number of cyclic esters (lactones) is 1. The van der Waals surface area contributed by atoms with Gasteiger partial charge in [-0.2, -0.15) is 9.29 Å². The molecule has 1 aromatic heterocycles. The number of ketones is 1. The minimum Gasteiger partial charge on any atom is -0.462 e. The van der Waals surface area contributed by atoms with Crippen LogP contribution in [0.4, 0.5) is 5.82 Å². The lowest BCUT2D eigenvalue weighted by Crippen LogP contribution is -2.51. The van der Waals surface area contributed by atoms with Crippen LogP contribution in [0.5, 0.6) is 0 Å². The van der Waals surface area contributed by atoms with E-state index in [0.29, 0.717) is 38.5 Å². The van der Waals surface area contributed by atoms with Gasteiger partial charge in [0.25, 0.3) is 0 Å². The normalized spacial score (nSPS) is 30.4. The monoisotopic (exact) mass is 1040 g/mol. The molecule has 2 aliphatic heterocycles. The molecule has 2 saturated heterocycles. The van der Waals surface area contributed by atoms with E-state index in [4.69, 9.17) is 29.0 Å². The highest BCUT2D eigenvalue weighted by atomic mass is 31.3. The first kappa shape index (κ1) is 61.4. The standard InChI is InChI=1S/C47H81N3O18P2/c1-4-6-15-21-34(51)25-26-36-38(52)29-39(53)37-22-17-13-14-19-24-43(55)66-35(30-63-42(54)23-18-12-10-8-7-9-11-16-20-33(3)5-2)31-64-69(59,60)68-70(61,62)65-32-40(45(57)44(36)56)67-46(37)50-28-27-41(48)49-47(50)58/h25-28,33-38,40,44-46,51-52,56-57H,4-24,29-32H2,1-3H3,(H,59,60)(H,61,62)(H2,48,49,58)/b26-25-/t33?,34-,35+,36-,37-,38+,40+,44-,45+,46+/m0/s1. The molecule has 21 nitrogen and oxygen atoms in total. The number of phosphoric ester groups is 2. The summed E-state index contributed by atoms with van der Waals surface area (Å²) in [6, 6.07) is 1.23. The summed E-state index contributed by atoms with van der Waals surface area (Å²) in [7, 11) is -11.3. The van der Waals surface area contributed by atoms with Crippen LogP contribution in [-0.4, -0.2) is 114 Å². The number of aliphatic hydroxyl groups is 4. The Hall–Kier alpha value is -2.91. The summed E-state index contributed by atoms with van der Waals surface area (Å²) in [6.45, 7) is 3.76. The Bertz CT molecular complexity index is 1900. The highest BCUT2D eigenvalue weighted by molar-refractivity contribution is 7.61. The molecule has 0 spiro atoms. The van der Waals surface area contributed by atoms with Crippen LogP contribution in [0.25, 0.3) is 0 Å². The summed E-state index contributed by atoms with van der Waals surface area (Å²) in [6.07, 6.45) is 5.95. The minimum absolute atomic E-state index is 0.000920. The van der Waals surface area contributed by atoms with E-state index in [-0.39, 0.29) is 31.5 Å². The second-order valence-electron chi connectivity index (χ2n) is 18.7. The van der Waals surface area contributed by atoms with Crippen molar-refractivity contribution in [3.05, 3.63) is 34.9 Å². The van der Waals surface area contributed by atoms with Crippen LogP contribution < -0.4 is 11.4 Å². The van der Waals surface area contributed by atoms with Gasteiger partial charge in [-0.25, -0.2) is 13.9 Å². The third kappa shape index (κ3) is 23.3. The number of Topliss-reactive ketones (excluding diaryl/α,β-unsaturated/α-hetero) is 1. The van der Waals surface area contributed by atoms with Gasteiger partial charge in [-0.3, -0.25) is 28.0 Å². The number of rotatable bonds is 21. The van der Waals surface area contributed by atoms with Crippen LogP contribution in [0.3, 0.4) is 0 Å². The molecule has 3 unspecified atom stereocenters. The molecular formula is C47H81N3O18P2. The molecule has 70 heavy (non-hydrogen) atoms. The second kappa shape index (κ2) is 32.3. The van der Waals surface area contributed by atoms with E-state index >= 15 is 0 Å². The molecule has 0 radical (unpaired) electrons. The van der Waals surface area contributed by atoms with Gasteiger partial charge in [0.1, 0.15) is 36.6 Å². The number of aliphatic hydroxyl groups excluding tert-OH is 4. The van der Waals surface area contributed by atoms with Gasteiger partial charge < -0.3 is 50.2 Å². The number of fused-ring (bicyclic) bond motifs is 3. The van der Waals surface area contributed by atoms with Crippen LogP contribution in [0.1, 0.15) is 168 Å². The zero-order chi connectivity index (χ0) is 51.7. The summed E-state index contributed by atoms with van der Waals surface area (Å²) in [5.41, 5.74) is 4.75. The molecule has 2 aliphatic rings. The van der Waals surface area contributed by atoms with E-state index < -0.39 is 120 Å². The van der Waals surface area contributed by atoms with E-state index in [1.54, 1.807) is 0 Å². The minimum atomic E-state index is -5.70. The third-order valence-corrected chi connectivity index (χ3v) is 15.4. The average molecular weight is 1040 g/mol. The van der Waals surface area contributed by atoms with Gasteiger partial charge in [0.05, 0.1) is 37.4 Å². The highest BCUT2D eigenvalue weighted by Crippen LogP contribution is 2.60. The summed E-state index contributed by atoms with van der Waals surface area (Å²) in [5.74, 6) is -4.16. The number of nitrogens with two attached hydrogens (primary N) is 1. The zero-order valence-electron chi connectivity index (χ0n) is 41.2. The van der Waals surface area contributed by atoms with Gasteiger partial charge >= 0.3 is 33.3 Å². The molecule has 2 bridgehead atoms. The molecule has 8 N–H and O–H groups in total. The van der Waals surface area contributed by atoms with Crippen LogP contribution >= 0.6 is 15.6 Å². The Kier molecular flexibility index (Phi) is 28.3. The lowest BCUT2D eigenvalue weighted by molar-refractivity contribution is -0.184. The van der Waals surface area contributed by atoms with Crippen molar-refractivity contribution in [2.24, 2.45) is 17.8 Å². The Labute approximate surface area is 412 Å². The van der Waals surface area contributed by atoms with Crippen molar-refractivity contribution in [3.63, 3.8) is 0 Å². The first-order valence-electron chi connectivity index (χ1n) is 25.2. The maximum atomic E-state index is 14.3. The largest absolute Gasteiger partial charge is 0.481 e. The number of nitrogens with zero attached hydrogens (tertiary/aromatic N) is 2. The first-order valence-corrected chi connectivity index (χ1v) is 28.2. The number of phosphoric acid groups is 2. The first-order chi connectivity index (χ1) is 33.3. The molecule has 1 aromatic rings.